The van der Waals surface area contributed by atoms with E-state index in [1.807, 2.05) is 0 Å². The molecule has 0 aromatic carbocycles. The first-order valence-electron chi connectivity index (χ1n) is 7.19. The standard InChI is InChI=1S/C14H21N3O6/c1-7(2)11(20)14(17-5-4-9(15)16-13(17)21)12(22-3)10(19)8(6-18)23-14/h4-5,7-8,10,12,18-19H,6H2,1-3H3,(H2,15,16,21)/t8-,10-,12-,14-/m1/s1. The molecule has 4 N–H and O–H groups in total. The number of hydrogen-bond acceptors (Lipinski definition) is 8. The molecule has 1 aromatic heterocycles. The predicted octanol–water partition coefficient (Wildman–Crippen LogP) is -1.53. The number of aromatic nitrogens is 2. The Morgan fingerprint density at radius 2 is 2.26 bits per heavy atom. The Hall–Kier alpha value is -1.81. The van der Waals surface area contributed by atoms with E-state index in [1.165, 1.54) is 19.4 Å². The number of carbonyl (C=O) groups is 1. The number of aliphatic hydroxyl groups excluding tert-OH is 2. The van der Waals surface area contributed by atoms with E-state index >= 15 is 0 Å². The number of Topliss-reactive ketones (excluding diaryl/α,β-unsaturated/α-hetero) is 1. The molecule has 2 heterocycles. The molecule has 23 heavy (non-hydrogen) atoms. The van der Waals surface area contributed by atoms with Gasteiger partial charge in [0.1, 0.15) is 24.1 Å². The van der Waals surface area contributed by atoms with Crippen LogP contribution in [-0.2, 0) is 20.0 Å². The lowest BCUT2D eigenvalue weighted by Crippen LogP contribution is -2.57. The van der Waals surface area contributed by atoms with Crippen molar-refractivity contribution in [2.75, 3.05) is 19.5 Å². The zero-order chi connectivity index (χ0) is 17.4. The van der Waals surface area contributed by atoms with Crippen LogP contribution < -0.4 is 11.4 Å². The van der Waals surface area contributed by atoms with E-state index in [-0.39, 0.29) is 5.82 Å². The van der Waals surface area contributed by atoms with Crippen LogP contribution in [0.4, 0.5) is 5.82 Å². The fraction of sp³-hybridized carbons (Fsp3) is 0.643. The molecule has 1 fully saturated rings. The third-order valence-corrected chi connectivity index (χ3v) is 3.90. The molecule has 1 aromatic rings. The Bertz CT molecular complexity index is 646. The van der Waals surface area contributed by atoms with Crippen molar-refractivity contribution in [1.29, 1.82) is 0 Å². The number of rotatable bonds is 5. The number of carbonyl (C=O) groups excluding carboxylic acids is 1. The Labute approximate surface area is 132 Å². The first kappa shape index (κ1) is 17.5. The lowest BCUT2D eigenvalue weighted by atomic mass is 9.91. The topological polar surface area (TPSA) is 137 Å². The summed E-state index contributed by atoms with van der Waals surface area (Å²) >= 11 is 0. The van der Waals surface area contributed by atoms with Crippen molar-refractivity contribution in [3.63, 3.8) is 0 Å². The average molecular weight is 327 g/mol. The predicted molar refractivity (Wildman–Crippen MR) is 79.5 cm³/mol. The van der Waals surface area contributed by atoms with Crippen molar-refractivity contribution in [2.24, 2.45) is 5.92 Å². The second-order valence-electron chi connectivity index (χ2n) is 5.71. The molecule has 1 aliphatic heterocycles. The number of methoxy groups -OCH3 is 1. The molecule has 1 saturated heterocycles. The van der Waals surface area contributed by atoms with Crippen molar-refractivity contribution in [3.8, 4) is 0 Å². The van der Waals surface area contributed by atoms with Crippen LogP contribution in [0.25, 0.3) is 0 Å². The number of ether oxygens (including phenoxy) is 2. The summed E-state index contributed by atoms with van der Waals surface area (Å²) in [4.78, 5) is 28.7. The zero-order valence-electron chi connectivity index (χ0n) is 13.2. The maximum atomic E-state index is 12.9. The first-order chi connectivity index (χ1) is 10.8. The Balaban J connectivity index is 2.71. The van der Waals surface area contributed by atoms with Gasteiger partial charge in [-0.15, -0.1) is 0 Å². The van der Waals surface area contributed by atoms with Crippen molar-refractivity contribution in [3.05, 3.63) is 22.7 Å². The Morgan fingerprint density at radius 1 is 1.61 bits per heavy atom. The van der Waals surface area contributed by atoms with Gasteiger partial charge >= 0.3 is 5.69 Å². The van der Waals surface area contributed by atoms with Crippen LogP contribution in [0.2, 0.25) is 0 Å². The molecule has 128 valence electrons. The van der Waals surface area contributed by atoms with Gasteiger partial charge in [0.05, 0.1) is 6.61 Å². The van der Waals surface area contributed by atoms with E-state index < -0.39 is 48.0 Å². The molecule has 0 saturated carbocycles. The highest BCUT2D eigenvalue weighted by molar-refractivity contribution is 5.88. The minimum atomic E-state index is -1.92. The fourth-order valence-electron chi connectivity index (χ4n) is 2.83. The third-order valence-electron chi connectivity index (χ3n) is 3.90. The minimum absolute atomic E-state index is 0.00961. The number of nitrogens with zero attached hydrogens (tertiary/aromatic N) is 2. The summed E-state index contributed by atoms with van der Waals surface area (Å²) in [5.74, 6) is -1.01. The third kappa shape index (κ3) is 2.65. The van der Waals surface area contributed by atoms with E-state index in [4.69, 9.17) is 15.2 Å². The van der Waals surface area contributed by atoms with Crippen molar-refractivity contribution in [2.45, 2.75) is 37.9 Å². The van der Waals surface area contributed by atoms with E-state index in [0.717, 1.165) is 4.57 Å². The molecule has 9 nitrogen and oxygen atoms in total. The normalized spacial score (nSPS) is 30.8. The highest BCUT2D eigenvalue weighted by Gasteiger charge is 2.61. The first-order valence-corrected chi connectivity index (χ1v) is 7.19. The van der Waals surface area contributed by atoms with Crippen molar-refractivity contribution in [1.82, 2.24) is 9.55 Å². The Kier molecular flexibility index (Phi) is 4.85. The summed E-state index contributed by atoms with van der Waals surface area (Å²) in [7, 11) is 1.29. The van der Waals surface area contributed by atoms with E-state index in [0.29, 0.717) is 0 Å². The van der Waals surface area contributed by atoms with Gasteiger partial charge in [0.2, 0.25) is 5.72 Å². The SMILES string of the molecule is CO[C@@H]1[C@H](O)[C@@H](CO)O[C@@]1(C(=O)C(C)C)n1ccc(N)nc1=O. The molecular weight excluding hydrogens is 306 g/mol. The smallest absolute Gasteiger partial charge is 0.352 e. The van der Waals surface area contributed by atoms with Crippen LogP contribution in [-0.4, -0.2) is 57.6 Å². The Morgan fingerprint density at radius 3 is 2.74 bits per heavy atom. The quantitative estimate of drug-likeness (QED) is 0.592. The van der Waals surface area contributed by atoms with Crippen LogP contribution in [0.3, 0.4) is 0 Å². The number of nitrogens with two attached hydrogens (primary N) is 1. The van der Waals surface area contributed by atoms with Crippen LogP contribution in [0.5, 0.6) is 0 Å². The van der Waals surface area contributed by atoms with Gasteiger partial charge in [-0.3, -0.25) is 9.36 Å². The molecular formula is C14H21N3O6. The van der Waals surface area contributed by atoms with Gasteiger partial charge in [0.15, 0.2) is 5.78 Å². The molecule has 0 bridgehead atoms. The highest BCUT2D eigenvalue weighted by atomic mass is 16.6. The second-order valence-corrected chi connectivity index (χ2v) is 5.71. The number of nitrogen functional groups attached to an aromatic ring is 1. The molecule has 0 amide bonds. The maximum Gasteiger partial charge on any atom is 0.352 e. The molecule has 0 aliphatic carbocycles. The monoisotopic (exact) mass is 327 g/mol. The van der Waals surface area contributed by atoms with Crippen LogP contribution in [0, 0.1) is 5.92 Å². The number of aliphatic hydroxyl groups is 2. The lowest BCUT2D eigenvalue weighted by Gasteiger charge is -2.35. The van der Waals surface area contributed by atoms with Gasteiger partial charge in [-0.25, -0.2) is 4.79 Å². The summed E-state index contributed by atoms with van der Waals surface area (Å²) < 4.78 is 11.9. The number of anilines is 1. The largest absolute Gasteiger partial charge is 0.394 e. The molecule has 0 unspecified atom stereocenters. The van der Waals surface area contributed by atoms with Crippen LogP contribution >= 0.6 is 0 Å². The molecule has 9 heteroatoms. The van der Waals surface area contributed by atoms with Crippen LogP contribution in [0.15, 0.2) is 17.1 Å². The fourth-order valence-corrected chi connectivity index (χ4v) is 2.83. The maximum absolute atomic E-state index is 12.9. The summed E-state index contributed by atoms with van der Waals surface area (Å²) in [5.41, 5.74) is 2.75. The van der Waals surface area contributed by atoms with Crippen molar-refractivity contribution < 1.29 is 24.5 Å². The van der Waals surface area contributed by atoms with Gasteiger partial charge in [0.25, 0.3) is 0 Å². The average Bonchev–Trinajstić information content (AvgIpc) is 2.79. The molecule has 0 spiro atoms. The summed E-state index contributed by atoms with van der Waals surface area (Å²) in [6.07, 6.45) is -2.29. The van der Waals surface area contributed by atoms with E-state index in [1.54, 1.807) is 13.8 Å². The van der Waals surface area contributed by atoms with Gasteiger partial charge in [-0.05, 0) is 6.07 Å². The minimum Gasteiger partial charge on any atom is -0.394 e. The van der Waals surface area contributed by atoms with Gasteiger partial charge < -0.3 is 25.4 Å². The number of ketones is 1. The molecule has 4 atom stereocenters. The lowest BCUT2D eigenvalue weighted by molar-refractivity contribution is -0.182. The summed E-state index contributed by atoms with van der Waals surface area (Å²) in [6, 6.07) is 1.34. The molecule has 2 rings (SSSR count). The highest BCUT2D eigenvalue weighted by Crippen LogP contribution is 2.39. The van der Waals surface area contributed by atoms with E-state index in [2.05, 4.69) is 4.98 Å². The van der Waals surface area contributed by atoms with Gasteiger partial charge in [-0.2, -0.15) is 4.98 Å². The second kappa shape index (κ2) is 6.36. The molecule has 1 aliphatic rings. The summed E-state index contributed by atoms with van der Waals surface area (Å²) in [6.45, 7) is 2.73. The molecule has 0 radical (unpaired) electrons. The van der Waals surface area contributed by atoms with Crippen LogP contribution in [0.1, 0.15) is 13.8 Å². The summed E-state index contributed by atoms with van der Waals surface area (Å²) in [5, 5.41) is 19.7. The zero-order valence-corrected chi connectivity index (χ0v) is 13.2. The van der Waals surface area contributed by atoms with E-state index in [9.17, 15) is 19.8 Å². The van der Waals surface area contributed by atoms with Crippen molar-refractivity contribution >= 4 is 11.6 Å². The number of hydrogen-bond donors (Lipinski definition) is 3. The van der Waals surface area contributed by atoms with Gasteiger partial charge in [-0.1, -0.05) is 13.8 Å². The van der Waals surface area contributed by atoms with Gasteiger partial charge in [0, 0.05) is 19.2 Å².